The van der Waals surface area contributed by atoms with Crippen molar-refractivity contribution in [3.63, 3.8) is 0 Å². The number of Topliss-reactive ketones (excluding diaryl/α,β-unsaturated/α-hetero) is 2. The highest BCUT2D eigenvalue weighted by molar-refractivity contribution is 6.40. The van der Waals surface area contributed by atoms with Gasteiger partial charge in [-0.2, -0.15) is 13.7 Å². The highest BCUT2D eigenvalue weighted by Gasteiger charge is 2.49. The second-order valence-electron chi connectivity index (χ2n) is 33.4. The number of unbranched alkanes of at least 4 members (excludes halogenated alkanes) is 6. The molecule has 688 valence electrons. The number of halogens is 8. The molecule has 8 aromatic rings. The molecule has 130 heavy (non-hydrogen) atoms. The molecule has 2 amide bonds. The second-order valence-corrected chi connectivity index (χ2v) is 33.4. The summed E-state index contributed by atoms with van der Waals surface area (Å²) < 4.78 is 105. The highest BCUT2D eigenvalue weighted by atomic mass is 79.9. The molecule has 8 aromatic carbocycles. The normalized spacial score (nSPS) is 16.3. The van der Waals surface area contributed by atoms with Gasteiger partial charge in [0, 0.05) is 132 Å². The number of nitrogen functional groups attached to an aromatic ring is 1. The molecule has 15 rings (SSSR count). The number of nitrogens with one attached hydrogen (secondary N) is 1. The van der Waals surface area contributed by atoms with Gasteiger partial charge in [-0.3, -0.25) is 39.6 Å². The van der Waals surface area contributed by atoms with E-state index in [1.807, 2.05) is 45.3 Å². The van der Waals surface area contributed by atoms with Crippen molar-refractivity contribution in [3.8, 4) is 11.5 Å². The van der Waals surface area contributed by atoms with E-state index >= 15 is 0 Å². The van der Waals surface area contributed by atoms with E-state index in [-0.39, 0.29) is 140 Å². The molecule has 0 radical (unpaired) electrons. The number of ether oxygens (including phenoxy) is 4. The van der Waals surface area contributed by atoms with Crippen molar-refractivity contribution in [1.29, 1.82) is 0 Å². The summed E-state index contributed by atoms with van der Waals surface area (Å²) in [7, 11) is 3.09. The Morgan fingerprint density at radius 1 is 0.492 bits per heavy atom. The molecule has 2 aliphatic carbocycles. The summed E-state index contributed by atoms with van der Waals surface area (Å²) in [5.41, 5.74) is 20.5. The van der Waals surface area contributed by atoms with Crippen LogP contribution in [0.3, 0.4) is 0 Å². The molecule has 5 aliphatic heterocycles. The standard InChI is InChI=1S/C32H31FN2O7.C28H28FNO5.C17H23FNO2.C11H12FN.C6H7FN2.C6H6FN.BrH.ClH/c1-32(2)23-17-20(33)10-13-24(23)34(16-6-4-5-7-28(38)42-35-26(36)14-15-27(35)37)25(32)18-22-30(39)29(31(22)40)19-8-11-21(41-3)12-9-19;1-28(2)22-15-19(29)9-12-23(22)30(13-5-4-6-14-35-17-31)24(28)16-21-26(32)25(27(21)33)18-7-10-20(34-3)11-8-18;1-13-17(2,3)15-11-14(18)7-8-16(15)19(13)9-5-4-6-10-21-12-20;1-7-11(2,3)9-6-8(12)4-5-10(9)13-7;7-5-1-3-6(9-8)4-2-5;7-5-1-3-6(8)4-2-5;;/h8-13,17-18H,4-7,14-16H2,1-3H3;7-12,15-17H,4-6,13-14H2,1-3H3;7-8,11-12H,4-6,9-10H2,1-3H3;4-6H,1-3H3;1-4,9H,8H2;1-4H,8H2;2*1H/q;;+1;;;;;/p-1. The molecular formula is C100H108BrClF6N8O14. The average molecular weight is 1880 g/mol. The Kier molecular flexibility index (Phi) is 36.0. The number of ketones is 2. The summed E-state index contributed by atoms with van der Waals surface area (Å²) in [6.45, 7) is 24.1. The third kappa shape index (κ3) is 24.1. The van der Waals surface area contributed by atoms with E-state index in [9.17, 15) is 70.1 Å². The predicted octanol–water partition coefficient (Wildman–Crippen LogP) is 10.1. The number of rotatable bonds is 28. The van der Waals surface area contributed by atoms with Crippen LogP contribution in [0.4, 0.5) is 60.5 Å². The minimum Gasteiger partial charge on any atom is -1.00 e. The molecule has 7 aliphatic rings. The fourth-order valence-corrected chi connectivity index (χ4v) is 15.9. The average Bonchev–Trinajstić information content (AvgIpc) is 1.55. The Balaban J connectivity index is 0.000000211. The van der Waals surface area contributed by atoms with Crippen molar-refractivity contribution in [2.75, 3.05) is 58.2 Å². The lowest BCUT2D eigenvalue weighted by Crippen LogP contribution is -3.00. The largest absolute Gasteiger partial charge is 1.00 e. The third-order valence-electron chi connectivity index (χ3n) is 23.8. The first-order chi connectivity index (χ1) is 60.9. The SMILES string of the molecule is CC1=Nc2ccc(F)cc2C1(C)C.CC1=[N+](CCCCCOC=O)c2ccc(F)cc2C1(C)C.COc1ccc(C2=C([O-])C(=CC3=[N+](CCCCCC(=O)ON4C(=O)CCC4=O)c4ccc(F)cc4C3(C)C)C2=O)cc1.COc1ccc(C2=C([O-])C(=CC3=[N+](CCCCCOC=O)c4ccc(F)cc4C3(C)C)C2=O)cc1.Nc1ccc(F)cc1.[Br-].[Cl-].[NH3+]Nc1ccc(F)cc1. The summed E-state index contributed by atoms with van der Waals surface area (Å²) in [6, 6.07) is 44.3. The van der Waals surface area contributed by atoms with Gasteiger partial charge in [-0.15, -0.1) is 5.06 Å². The summed E-state index contributed by atoms with van der Waals surface area (Å²) in [4.78, 5) is 91.3. The topological polar surface area (TPSA) is 302 Å². The van der Waals surface area contributed by atoms with Crippen molar-refractivity contribution in [3.05, 3.63) is 273 Å². The maximum atomic E-state index is 14.3. The number of hydroxylamine groups is 2. The number of fused-ring (bicyclic) bond motifs is 4. The third-order valence-corrected chi connectivity index (χ3v) is 23.8. The monoisotopic (exact) mass is 1870 g/mol. The Morgan fingerprint density at radius 3 is 1.25 bits per heavy atom. The van der Waals surface area contributed by atoms with E-state index in [0.29, 0.717) is 97.6 Å². The van der Waals surface area contributed by atoms with Crippen LogP contribution in [0.15, 0.2) is 210 Å². The first-order valence-electron chi connectivity index (χ1n) is 42.2. The van der Waals surface area contributed by atoms with Gasteiger partial charge >= 0.3 is 5.97 Å². The summed E-state index contributed by atoms with van der Waals surface area (Å²) >= 11 is 0. The number of carbonyl (C=O) groups excluding carboxylic acids is 7. The molecule has 1 saturated heterocycles. The van der Waals surface area contributed by atoms with E-state index in [2.05, 4.69) is 64.8 Å². The van der Waals surface area contributed by atoms with Gasteiger partial charge in [-0.1, -0.05) is 49.6 Å². The number of imide groups is 1. The van der Waals surface area contributed by atoms with Crippen LogP contribution < -0.4 is 66.1 Å². The Labute approximate surface area is 769 Å². The lowest BCUT2D eigenvalue weighted by atomic mass is 9.77. The lowest BCUT2D eigenvalue weighted by molar-refractivity contribution is -0.439. The molecule has 0 atom stereocenters. The number of hydrogen-bond donors (Lipinski definition) is 3. The zero-order valence-corrected chi connectivity index (χ0v) is 77.1. The zero-order valence-electron chi connectivity index (χ0n) is 74.8. The van der Waals surface area contributed by atoms with Crippen molar-refractivity contribution < 1.29 is 143 Å². The number of benzene rings is 8. The first-order valence-corrected chi connectivity index (χ1v) is 42.2. The molecule has 0 saturated carbocycles. The number of methoxy groups -OCH3 is 2. The molecule has 0 aromatic heterocycles. The Hall–Kier alpha value is -12.6. The summed E-state index contributed by atoms with van der Waals surface area (Å²) in [6.07, 6.45) is 10.4. The van der Waals surface area contributed by atoms with Gasteiger partial charge in [0.1, 0.15) is 66.0 Å². The number of carbonyl (C=O) groups is 7. The second kappa shape index (κ2) is 45.6. The molecule has 0 bridgehead atoms. The highest BCUT2D eigenvalue weighted by Crippen LogP contribution is 2.47. The number of aliphatic imine (C=N–C) groups is 1. The van der Waals surface area contributed by atoms with E-state index in [1.54, 1.807) is 110 Å². The quantitative estimate of drug-likeness (QED) is 0.00600. The summed E-state index contributed by atoms with van der Waals surface area (Å²) in [5.74, 6) is 0.161. The zero-order chi connectivity index (χ0) is 93.1. The van der Waals surface area contributed by atoms with E-state index in [0.717, 1.165) is 107 Å². The number of nitrogens with zero attached hydrogens (tertiary/aromatic N) is 5. The fourth-order valence-electron chi connectivity index (χ4n) is 15.9. The van der Waals surface area contributed by atoms with Gasteiger partial charge in [0.15, 0.2) is 28.7 Å². The van der Waals surface area contributed by atoms with Crippen LogP contribution in [-0.2, 0) is 69.5 Å². The van der Waals surface area contributed by atoms with Crippen molar-refractivity contribution >= 4 is 110 Å². The molecule has 0 spiro atoms. The number of nitrogens with two attached hydrogens (primary N) is 1. The number of allylic oxidation sites excluding steroid dienone is 6. The van der Waals surface area contributed by atoms with Gasteiger partial charge in [0.05, 0.1) is 55.1 Å². The van der Waals surface area contributed by atoms with Crippen molar-refractivity contribution in [2.45, 2.75) is 168 Å². The van der Waals surface area contributed by atoms with Crippen molar-refractivity contribution in [1.82, 2.24) is 5.06 Å². The molecule has 1 fully saturated rings. The maximum absolute atomic E-state index is 14.3. The Morgan fingerprint density at radius 2 is 0.862 bits per heavy atom. The molecule has 0 unspecified atom stereocenters. The van der Waals surface area contributed by atoms with Crippen molar-refractivity contribution in [2.24, 2.45) is 4.99 Å². The number of anilines is 2. The van der Waals surface area contributed by atoms with Gasteiger partial charge in [-0.25, -0.2) is 36.6 Å². The smallest absolute Gasteiger partial charge is 0.333 e. The minimum absolute atomic E-state index is 0. The summed E-state index contributed by atoms with van der Waals surface area (Å²) in [5, 5.41) is 26.7. The number of hydrogen-bond acceptors (Lipinski definition) is 17. The molecule has 22 nitrogen and oxygen atoms in total. The number of amides is 2. The van der Waals surface area contributed by atoms with Gasteiger partial charge in [0.25, 0.3) is 24.8 Å². The van der Waals surface area contributed by atoms with Crippen LogP contribution in [0.25, 0.3) is 11.1 Å². The maximum Gasteiger partial charge on any atom is 0.333 e. The van der Waals surface area contributed by atoms with E-state index in [4.69, 9.17) is 24.8 Å². The van der Waals surface area contributed by atoms with Crippen LogP contribution in [0.5, 0.6) is 11.5 Å². The van der Waals surface area contributed by atoms with Gasteiger partial charge in [0.2, 0.25) is 17.1 Å². The van der Waals surface area contributed by atoms with Crippen LogP contribution >= 0.6 is 0 Å². The van der Waals surface area contributed by atoms with Crippen LogP contribution in [0.1, 0.15) is 180 Å². The first kappa shape index (κ1) is 103. The van der Waals surface area contributed by atoms with E-state index in [1.165, 1.54) is 85.6 Å². The fraction of sp³-hybridized carbons (Fsp3) is 0.330. The molecular weight excluding hydrogens is 1770 g/mol. The van der Waals surface area contributed by atoms with Crippen LogP contribution in [0.2, 0.25) is 0 Å². The van der Waals surface area contributed by atoms with E-state index < -0.39 is 28.6 Å². The van der Waals surface area contributed by atoms with Crippen LogP contribution in [0, 0.1) is 34.9 Å². The number of quaternary nitrogens is 1. The van der Waals surface area contributed by atoms with Gasteiger partial charge in [-0.05, 0) is 231 Å². The van der Waals surface area contributed by atoms with Gasteiger partial charge < -0.3 is 69.1 Å². The molecule has 30 heteroatoms. The van der Waals surface area contributed by atoms with Crippen LogP contribution in [-0.4, -0.2) is 131 Å². The Bertz CT molecular complexity index is 5750. The molecule has 6 N–H and O–H groups in total. The lowest BCUT2D eigenvalue weighted by Gasteiger charge is -2.31. The predicted molar refractivity (Wildman–Crippen MR) is 473 cm³/mol. The minimum atomic E-state index is -0.681. The molecule has 5 heterocycles.